The highest BCUT2D eigenvalue weighted by atomic mass is 79.9. The van der Waals surface area contributed by atoms with Crippen LogP contribution in [0.5, 0.6) is 5.75 Å². The SMILES string of the molecule is COCCOC(=O)c1c(C)oc2cc(Br)c(OCc3ccccc3Br)cc12. The summed E-state index contributed by atoms with van der Waals surface area (Å²) in [5.74, 6) is 0.676. The van der Waals surface area contributed by atoms with Gasteiger partial charge in [-0.3, -0.25) is 0 Å². The van der Waals surface area contributed by atoms with Crippen molar-refractivity contribution in [3.63, 3.8) is 0 Å². The zero-order chi connectivity index (χ0) is 19.4. The summed E-state index contributed by atoms with van der Waals surface area (Å²) in [5, 5.41) is 0.653. The van der Waals surface area contributed by atoms with Gasteiger partial charge in [0, 0.05) is 22.5 Å². The quantitative estimate of drug-likeness (QED) is 0.312. The second kappa shape index (κ2) is 8.91. The molecule has 2 aromatic carbocycles. The highest BCUT2D eigenvalue weighted by Crippen LogP contribution is 2.36. The monoisotopic (exact) mass is 496 g/mol. The van der Waals surface area contributed by atoms with Crippen molar-refractivity contribution in [1.29, 1.82) is 0 Å². The molecule has 0 N–H and O–H groups in total. The molecule has 142 valence electrons. The Morgan fingerprint density at radius 1 is 1.11 bits per heavy atom. The minimum Gasteiger partial charge on any atom is -0.488 e. The number of benzene rings is 2. The maximum Gasteiger partial charge on any atom is 0.342 e. The van der Waals surface area contributed by atoms with E-state index in [0.29, 0.717) is 41.3 Å². The molecule has 5 nitrogen and oxygen atoms in total. The molecular formula is C20H18Br2O5. The number of aryl methyl sites for hydroxylation is 1. The van der Waals surface area contributed by atoms with E-state index in [1.165, 1.54) is 0 Å². The molecule has 7 heteroatoms. The molecule has 3 aromatic rings. The fourth-order valence-electron chi connectivity index (χ4n) is 2.65. The Hall–Kier alpha value is -1.83. The van der Waals surface area contributed by atoms with E-state index in [-0.39, 0.29) is 6.61 Å². The van der Waals surface area contributed by atoms with Crippen LogP contribution in [-0.2, 0) is 16.1 Å². The lowest BCUT2D eigenvalue weighted by atomic mass is 10.1. The van der Waals surface area contributed by atoms with Crippen LogP contribution in [0.1, 0.15) is 21.7 Å². The predicted molar refractivity (Wildman–Crippen MR) is 109 cm³/mol. The van der Waals surface area contributed by atoms with Gasteiger partial charge < -0.3 is 18.6 Å². The molecule has 0 spiro atoms. The number of ether oxygens (including phenoxy) is 3. The van der Waals surface area contributed by atoms with Gasteiger partial charge in [0.2, 0.25) is 0 Å². The number of furan rings is 1. The molecule has 1 heterocycles. The molecule has 0 saturated carbocycles. The predicted octanol–water partition coefficient (Wildman–Crippen LogP) is 5.65. The summed E-state index contributed by atoms with van der Waals surface area (Å²) in [6.07, 6.45) is 0. The molecule has 0 saturated heterocycles. The van der Waals surface area contributed by atoms with Crippen LogP contribution in [0.3, 0.4) is 0 Å². The molecule has 0 atom stereocenters. The van der Waals surface area contributed by atoms with E-state index in [2.05, 4.69) is 31.9 Å². The van der Waals surface area contributed by atoms with Crippen LogP contribution in [0.25, 0.3) is 11.0 Å². The average molecular weight is 498 g/mol. The van der Waals surface area contributed by atoms with Gasteiger partial charge in [-0.2, -0.15) is 0 Å². The number of rotatable bonds is 7. The van der Waals surface area contributed by atoms with Gasteiger partial charge in [0.05, 0.1) is 11.1 Å². The first-order chi connectivity index (χ1) is 13.0. The molecule has 0 aliphatic rings. The highest BCUT2D eigenvalue weighted by Gasteiger charge is 2.21. The van der Waals surface area contributed by atoms with Crippen LogP contribution >= 0.6 is 31.9 Å². The third-order valence-corrected chi connectivity index (χ3v) is 5.38. The smallest absolute Gasteiger partial charge is 0.342 e. The lowest BCUT2D eigenvalue weighted by molar-refractivity contribution is 0.0388. The van der Waals surface area contributed by atoms with Crippen LogP contribution in [0.2, 0.25) is 0 Å². The Bertz CT molecular complexity index is 964. The Morgan fingerprint density at radius 2 is 1.89 bits per heavy atom. The number of hydrogen-bond acceptors (Lipinski definition) is 5. The third kappa shape index (κ3) is 4.54. The number of carbonyl (C=O) groups is 1. The summed E-state index contributed by atoms with van der Waals surface area (Å²) in [6.45, 7) is 2.65. The van der Waals surface area contributed by atoms with E-state index in [4.69, 9.17) is 18.6 Å². The molecular weight excluding hydrogens is 480 g/mol. The zero-order valence-corrected chi connectivity index (χ0v) is 18.1. The van der Waals surface area contributed by atoms with Crippen LogP contribution < -0.4 is 4.74 Å². The first kappa shape index (κ1) is 19.9. The molecule has 0 aliphatic heterocycles. The zero-order valence-electron chi connectivity index (χ0n) is 14.9. The summed E-state index contributed by atoms with van der Waals surface area (Å²) in [5.41, 5.74) is 2.01. The van der Waals surface area contributed by atoms with E-state index in [1.807, 2.05) is 24.3 Å². The van der Waals surface area contributed by atoms with Crippen LogP contribution in [0.4, 0.5) is 0 Å². The maximum atomic E-state index is 12.4. The van der Waals surface area contributed by atoms with Crippen molar-refractivity contribution < 1.29 is 23.4 Å². The van der Waals surface area contributed by atoms with Crippen LogP contribution in [0, 0.1) is 6.92 Å². The van der Waals surface area contributed by atoms with Crippen LogP contribution in [0.15, 0.2) is 49.8 Å². The van der Waals surface area contributed by atoms with Crippen molar-refractivity contribution in [2.24, 2.45) is 0 Å². The number of halogens is 2. The van der Waals surface area contributed by atoms with E-state index < -0.39 is 5.97 Å². The number of hydrogen-bond donors (Lipinski definition) is 0. The van der Waals surface area contributed by atoms with Gasteiger partial charge in [0.15, 0.2) is 0 Å². The second-order valence-corrected chi connectivity index (χ2v) is 7.53. The van der Waals surface area contributed by atoms with E-state index in [0.717, 1.165) is 14.5 Å². The van der Waals surface area contributed by atoms with Crippen molar-refractivity contribution >= 4 is 48.8 Å². The first-order valence-corrected chi connectivity index (χ1v) is 9.84. The number of carbonyl (C=O) groups excluding carboxylic acids is 1. The molecule has 0 amide bonds. The molecule has 0 radical (unpaired) electrons. The molecule has 0 aliphatic carbocycles. The molecule has 27 heavy (non-hydrogen) atoms. The van der Waals surface area contributed by atoms with Gasteiger partial charge in [-0.05, 0) is 41.1 Å². The average Bonchev–Trinajstić information content (AvgIpc) is 2.95. The Labute approximate surface area is 173 Å². The van der Waals surface area contributed by atoms with Crippen molar-refractivity contribution in [3.8, 4) is 5.75 Å². The fraction of sp³-hybridized carbons (Fsp3) is 0.250. The van der Waals surface area contributed by atoms with Gasteiger partial charge >= 0.3 is 5.97 Å². The lowest BCUT2D eigenvalue weighted by Gasteiger charge is -2.10. The summed E-state index contributed by atoms with van der Waals surface area (Å²) in [4.78, 5) is 12.4. The first-order valence-electron chi connectivity index (χ1n) is 8.26. The van der Waals surface area contributed by atoms with Gasteiger partial charge in [0.1, 0.15) is 35.9 Å². The summed E-state index contributed by atoms with van der Waals surface area (Å²) >= 11 is 7.02. The topological polar surface area (TPSA) is 57.9 Å². The molecule has 0 fully saturated rings. The van der Waals surface area contributed by atoms with E-state index >= 15 is 0 Å². The van der Waals surface area contributed by atoms with Crippen molar-refractivity contribution in [2.75, 3.05) is 20.3 Å². The molecule has 1 aromatic heterocycles. The van der Waals surface area contributed by atoms with E-state index in [9.17, 15) is 4.79 Å². The third-order valence-electron chi connectivity index (χ3n) is 3.98. The summed E-state index contributed by atoms with van der Waals surface area (Å²) in [6, 6.07) is 11.4. The van der Waals surface area contributed by atoms with Crippen molar-refractivity contribution in [2.45, 2.75) is 13.5 Å². The minimum absolute atomic E-state index is 0.184. The standard InChI is InChI=1S/C20H18Br2O5/c1-12-19(20(23)25-8-7-24-2)14-9-18(16(22)10-17(14)27-12)26-11-13-5-3-4-6-15(13)21/h3-6,9-10H,7-8,11H2,1-2H3. The Balaban J connectivity index is 1.88. The fourth-order valence-corrected chi connectivity index (χ4v) is 3.48. The maximum absolute atomic E-state index is 12.4. The summed E-state index contributed by atoms with van der Waals surface area (Å²) < 4.78 is 23.6. The van der Waals surface area contributed by atoms with E-state index in [1.54, 1.807) is 26.2 Å². The number of methoxy groups -OCH3 is 1. The van der Waals surface area contributed by atoms with Gasteiger partial charge in [-0.25, -0.2) is 4.79 Å². The van der Waals surface area contributed by atoms with Crippen molar-refractivity contribution in [1.82, 2.24) is 0 Å². The summed E-state index contributed by atoms with van der Waals surface area (Å²) in [7, 11) is 1.55. The van der Waals surface area contributed by atoms with Gasteiger partial charge in [-0.1, -0.05) is 34.1 Å². The highest BCUT2D eigenvalue weighted by molar-refractivity contribution is 9.10. The molecule has 0 unspecified atom stereocenters. The molecule has 0 bridgehead atoms. The second-order valence-electron chi connectivity index (χ2n) is 5.82. The van der Waals surface area contributed by atoms with Crippen molar-refractivity contribution in [3.05, 3.63) is 62.2 Å². The lowest BCUT2D eigenvalue weighted by Crippen LogP contribution is -2.10. The number of fused-ring (bicyclic) bond motifs is 1. The van der Waals surface area contributed by atoms with Crippen LogP contribution in [-0.4, -0.2) is 26.3 Å². The normalized spacial score (nSPS) is 11.0. The van der Waals surface area contributed by atoms with Gasteiger partial charge in [-0.15, -0.1) is 0 Å². The number of esters is 1. The Morgan fingerprint density at radius 3 is 2.63 bits per heavy atom. The minimum atomic E-state index is -0.442. The molecule has 3 rings (SSSR count). The van der Waals surface area contributed by atoms with Gasteiger partial charge in [0.25, 0.3) is 0 Å². The Kier molecular flexibility index (Phi) is 6.57. The largest absolute Gasteiger partial charge is 0.488 e.